The first kappa shape index (κ1) is 16.6. The van der Waals surface area contributed by atoms with E-state index in [1.807, 2.05) is 42.5 Å². The quantitative estimate of drug-likeness (QED) is 0.639. The second kappa shape index (κ2) is 8.53. The van der Waals surface area contributed by atoms with Crippen molar-refractivity contribution >= 4 is 11.6 Å². The van der Waals surface area contributed by atoms with Gasteiger partial charge in [-0.3, -0.25) is 0 Å². The maximum atomic E-state index is 6.16. The molecule has 0 aromatic heterocycles. The maximum absolute atomic E-state index is 6.16. The highest BCUT2D eigenvalue weighted by Crippen LogP contribution is 2.19. The summed E-state index contributed by atoms with van der Waals surface area (Å²) in [4.78, 5) is 0. The average molecular weight is 338 g/mol. The number of rotatable bonds is 7. The Kier molecular flexibility index (Phi) is 5.89. The van der Waals surface area contributed by atoms with Crippen LogP contribution in [0.4, 0.5) is 0 Å². The van der Waals surface area contributed by atoms with Gasteiger partial charge >= 0.3 is 0 Å². The highest BCUT2D eigenvalue weighted by molar-refractivity contribution is 6.31. The molecule has 3 aromatic carbocycles. The van der Waals surface area contributed by atoms with Gasteiger partial charge in [-0.25, -0.2) is 0 Å². The Morgan fingerprint density at radius 3 is 2.29 bits per heavy atom. The van der Waals surface area contributed by atoms with Crippen molar-refractivity contribution in [3.05, 3.63) is 101 Å². The molecule has 0 radical (unpaired) electrons. The van der Waals surface area contributed by atoms with Crippen LogP contribution in [0.2, 0.25) is 5.02 Å². The van der Waals surface area contributed by atoms with Crippen LogP contribution >= 0.6 is 11.6 Å². The molecule has 0 saturated carbocycles. The molecule has 0 aliphatic rings. The standard InChI is InChI=1S/C21H20ClNO/c22-21-12-5-4-10-19(21)16-24-20-11-6-9-18(13-20)15-23-14-17-7-2-1-3-8-17/h1-13,23H,14-16H2. The van der Waals surface area contributed by atoms with Crippen molar-refractivity contribution in [2.45, 2.75) is 19.7 Å². The summed E-state index contributed by atoms with van der Waals surface area (Å²) in [6, 6.07) is 26.3. The summed E-state index contributed by atoms with van der Waals surface area (Å²) in [5.74, 6) is 0.855. The summed E-state index contributed by atoms with van der Waals surface area (Å²) in [5, 5.41) is 4.19. The zero-order valence-electron chi connectivity index (χ0n) is 13.4. The normalized spacial score (nSPS) is 10.5. The van der Waals surface area contributed by atoms with Crippen LogP contribution in [0.15, 0.2) is 78.9 Å². The van der Waals surface area contributed by atoms with E-state index in [0.29, 0.717) is 6.61 Å². The molecule has 0 aliphatic heterocycles. The van der Waals surface area contributed by atoms with Crippen molar-refractivity contribution in [3.8, 4) is 5.75 Å². The van der Waals surface area contributed by atoms with E-state index in [-0.39, 0.29) is 0 Å². The Labute approximate surface area is 148 Å². The van der Waals surface area contributed by atoms with E-state index >= 15 is 0 Å². The summed E-state index contributed by atoms with van der Waals surface area (Å²) in [5.41, 5.74) is 3.47. The average Bonchev–Trinajstić information content (AvgIpc) is 2.62. The SMILES string of the molecule is Clc1ccccc1COc1cccc(CNCc2ccccc2)c1. The van der Waals surface area contributed by atoms with Gasteiger partial charge in [0.15, 0.2) is 0 Å². The Morgan fingerprint density at radius 1 is 0.750 bits per heavy atom. The third-order valence-electron chi connectivity index (χ3n) is 3.75. The molecule has 3 aromatic rings. The minimum Gasteiger partial charge on any atom is -0.489 e. The van der Waals surface area contributed by atoms with Gasteiger partial charge in [0, 0.05) is 23.7 Å². The molecule has 0 bridgehead atoms. The Morgan fingerprint density at radius 2 is 1.46 bits per heavy atom. The van der Waals surface area contributed by atoms with Crippen LogP contribution < -0.4 is 10.1 Å². The third kappa shape index (κ3) is 4.85. The Hall–Kier alpha value is -2.29. The van der Waals surface area contributed by atoms with Crippen LogP contribution in [0.25, 0.3) is 0 Å². The molecule has 2 nitrogen and oxygen atoms in total. The van der Waals surface area contributed by atoms with Gasteiger partial charge in [0.2, 0.25) is 0 Å². The van der Waals surface area contributed by atoms with E-state index in [4.69, 9.17) is 16.3 Å². The molecule has 3 rings (SSSR count). The van der Waals surface area contributed by atoms with Crippen LogP contribution in [0.3, 0.4) is 0 Å². The lowest BCUT2D eigenvalue weighted by atomic mass is 10.2. The summed E-state index contributed by atoms with van der Waals surface area (Å²) >= 11 is 6.16. The number of nitrogens with one attached hydrogen (secondary N) is 1. The van der Waals surface area contributed by atoms with Gasteiger partial charge in [-0.1, -0.05) is 72.3 Å². The molecule has 24 heavy (non-hydrogen) atoms. The molecule has 0 spiro atoms. The fourth-order valence-corrected chi connectivity index (χ4v) is 2.66. The lowest BCUT2D eigenvalue weighted by Crippen LogP contribution is -2.12. The molecule has 0 unspecified atom stereocenters. The fourth-order valence-electron chi connectivity index (χ4n) is 2.47. The third-order valence-corrected chi connectivity index (χ3v) is 4.12. The highest BCUT2D eigenvalue weighted by atomic mass is 35.5. The molecule has 0 fully saturated rings. The van der Waals surface area contributed by atoms with E-state index in [1.54, 1.807) is 0 Å². The molecule has 1 N–H and O–H groups in total. The van der Waals surface area contributed by atoms with Gasteiger partial charge in [-0.15, -0.1) is 0 Å². The maximum Gasteiger partial charge on any atom is 0.120 e. The summed E-state index contributed by atoms with van der Waals surface area (Å²) in [6.45, 7) is 2.13. The van der Waals surface area contributed by atoms with Gasteiger partial charge in [0.25, 0.3) is 0 Å². The van der Waals surface area contributed by atoms with Gasteiger partial charge < -0.3 is 10.1 Å². The first-order valence-corrected chi connectivity index (χ1v) is 8.39. The number of halogens is 1. The van der Waals surface area contributed by atoms with Gasteiger partial charge in [-0.05, 0) is 29.3 Å². The van der Waals surface area contributed by atoms with Crippen molar-refractivity contribution in [3.63, 3.8) is 0 Å². The molecule has 0 amide bonds. The smallest absolute Gasteiger partial charge is 0.120 e. The molecule has 0 saturated heterocycles. The molecule has 3 heteroatoms. The number of hydrogen-bond donors (Lipinski definition) is 1. The number of ether oxygens (including phenoxy) is 1. The van der Waals surface area contributed by atoms with E-state index in [0.717, 1.165) is 29.4 Å². The van der Waals surface area contributed by atoms with Crippen molar-refractivity contribution in [2.24, 2.45) is 0 Å². The first-order chi connectivity index (χ1) is 11.8. The van der Waals surface area contributed by atoms with Crippen molar-refractivity contribution < 1.29 is 4.74 Å². The first-order valence-electron chi connectivity index (χ1n) is 8.01. The van der Waals surface area contributed by atoms with E-state index in [2.05, 4.69) is 41.7 Å². The molecule has 0 aliphatic carbocycles. The van der Waals surface area contributed by atoms with Gasteiger partial charge in [0.1, 0.15) is 12.4 Å². The molecular formula is C21H20ClNO. The molecule has 0 heterocycles. The molecule has 122 valence electrons. The predicted molar refractivity (Wildman–Crippen MR) is 99.2 cm³/mol. The predicted octanol–water partition coefficient (Wildman–Crippen LogP) is 5.21. The fraction of sp³-hybridized carbons (Fsp3) is 0.143. The molecule has 0 atom stereocenters. The Bertz CT molecular complexity index is 774. The van der Waals surface area contributed by atoms with E-state index in [1.165, 1.54) is 11.1 Å². The lowest BCUT2D eigenvalue weighted by Gasteiger charge is -2.10. The van der Waals surface area contributed by atoms with Crippen molar-refractivity contribution in [1.82, 2.24) is 5.32 Å². The van der Waals surface area contributed by atoms with Gasteiger partial charge in [0.05, 0.1) is 0 Å². The van der Waals surface area contributed by atoms with E-state index < -0.39 is 0 Å². The summed E-state index contributed by atoms with van der Waals surface area (Å²) in [7, 11) is 0. The van der Waals surface area contributed by atoms with E-state index in [9.17, 15) is 0 Å². The van der Waals surface area contributed by atoms with Crippen LogP contribution in [0.1, 0.15) is 16.7 Å². The second-order valence-electron chi connectivity index (χ2n) is 5.62. The zero-order chi connectivity index (χ0) is 16.6. The highest BCUT2D eigenvalue weighted by Gasteiger charge is 2.02. The van der Waals surface area contributed by atoms with Gasteiger partial charge in [-0.2, -0.15) is 0 Å². The number of hydrogen-bond acceptors (Lipinski definition) is 2. The molecular weight excluding hydrogens is 318 g/mol. The van der Waals surface area contributed by atoms with Crippen molar-refractivity contribution in [2.75, 3.05) is 0 Å². The number of benzene rings is 3. The van der Waals surface area contributed by atoms with Crippen LogP contribution in [-0.2, 0) is 19.7 Å². The summed E-state index contributed by atoms with van der Waals surface area (Å²) < 4.78 is 5.87. The minimum atomic E-state index is 0.473. The summed E-state index contributed by atoms with van der Waals surface area (Å²) in [6.07, 6.45) is 0. The van der Waals surface area contributed by atoms with Crippen LogP contribution in [-0.4, -0.2) is 0 Å². The minimum absolute atomic E-state index is 0.473. The van der Waals surface area contributed by atoms with Crippen LogP contribution in [0, 0.1) is 0 Å². The Balaban J connectivity index is 1.53. The lowest BCUT2D eigenvalue weighted by molar-refractivity contribution is 0.306. The monoisotopic (exact) mass is 337 g/mol. The largest absolute Gasteiger partial charge is 0.489 e. The zero-order valence-corrected chi connectivity index (χ0v) is 14.2. The topological polar surface area (TPSA) is 21.3 Å². The van der Waals surface area contributed by atoms with Crippen LogP contribution in [0.5, 0.6) is 5.75 Å². The second-order valence-corrected chi connectivity index (χ2v) is 6.02. The van der Waals surface area contributed by atoms with Crippen molar-refractivity contribution in [1.29, 1.82) is 0 Å².